The smallest absolute Gasteiger partial charge is 0.276 e. The highest BCUT2D eigenvalue weighted by Crippen LogP contribution is 2.19. The van der Waals surface area contributed by atoms with Crippen molar-refractivity contribution in [1.29, 1.82) is 0 Å². The molecule has 2 aromatic carbocycles. The molecule has 0 saturated heterocycles. The molecule has 0 aliphatic heterocycles. The quantitative estimate of drug-likeness (QED) is 0.767. The predicted molar refractivity (Wildman–Crippen MR) is 95.1 cm³/mol. The van der Waals surface area contributed by atoms with Crippen LogP contribution in [-0.4, -0.2) is 21.8 Å². The van der Waals surface area contributed by atoms with Crippen molar-refractivity contribution in [3.63, 3.8) is 0 Å². The molecule has 3 N–H and O–H groups in total. The number of nitrogens with one attached hydrogen (secondary N) is 1. The van der Waals surface area contributed by atoms with Crippen LogP contribution in [0.25, 0.3) is 11.3 Å². The summed E-state index contributed by atoms with van der Waals surface area (Å²) in [6, 6.07) is 15.9. The molecule has 2 amide bonds. The number of hydrogen-bond donors (Lipinski definition) is 2. The molecule has 0 radical (unpaired) electrons. The van der Waals surface area contributed by atoms with E-state index in [0.29, 0.717) is 28.2 Å². The Morgan fingerprint density at radius 3 is 2.52 bits per heavy atom. The molecule has 0 bridgehead atoms. The number of para-hydroxylation sites is 1. The van der Waals surface area contributed by atoms with Gasteiger partial charge in [0.25, 0.3) is 5.91 Å². The Kier molecular flexibility index (Phi) is 4.52. The van der Waals surface area contributed by atoms with Crippen LogP contribution in [0.15, 0.2) is 60.8 Å². The van der Waals surface area contributed by atoms with Gasteiger partial charge >= 0.3 is 0 Å². The SMILES string of the molecule is Cc1ncc(-c2cccc(C(N)=O)c2)nc1C(=O)Nc1ccccc1. The third-order valence-corrected chi connectivity index (χ3v) is 3.65. The summed E-state index contributed by atoms with van der Waals surface area (Å²) in [6.45, 7) is 1.72. The lowest BCUT2D eigenvalue weighted by Gasteiger charge is -2.09. The fraction of sp³-hybridized carbons (Fsp3) is 0.0526. The van der Waals surface area contributed by atoms with E-state index in [4.69, 9.17) is 5.73 Å². The van der Waals surface area contributed by atoms with Crippen molar-refractivity contribution in [2.75, 3.05) is 5.32 Å². The summed E-state index contributed by atoms with van der Waals surface area (Å²) in [4.78, 5) is 32.5. The molecule has 0 fully saturated rings. The number of amides is 2. The van der Waals surface area contributed by atoms with E-state index in [-0.39, 0.29) is 11.6 Å². The van der Waals surface area contributed by atoms with Gasteiger partial charge in [0.05, 0.1) is 17.6 Å². The van der Waals surface area contributed by atoms with Crippen LogP contribution in [0, 0.1) is 6.92 Å². The molecular formula is C19H16N4O2. The largest absolute Gasteiger partial charge is 0.366 e. The van der Waals surface area contributed by atoms with Crippen LogP contribution in [-0.2, 0) is 0 Å². The van der Waals surface area contributed by atoms with E-state index in [1.807, 2.05) is 18.2 Å². The van der Waals surface area contributed by atoms with Crippen molar-refractivity contribution in [2.45, 2.75) is 6.92 Å². The van der Waals surface area contributed by atoms with E-state index in [9.17, 15) is 9.59 Å². The maximum atomic E-state index is 12.5. The monoisotopic (exact) mass is 332 g/mol. The molecule has 6 heteroatoms. The standard InChI is InChI=1S/C19H16N4O2/c1-12-17(19(25)22-15-8-3-2-4-9-15)23-16(11-21-12)13-6-5-7-14(10-13)18(20)24/h2-11H,1H3,(H2,20,24)(H,22,25). The van der Waals surface area contributed by atoms with Crippen molar-refractivity contribution in [2.24, 2.45) is 5.73 Å². The zero-order chi connectivity index (χ0) is 17.8. The lowest BCUT2D eigenvalue weighted by molar-refractivity contribution is 0.0996. The van der Waals surface area contributed by atoms with Crippen LogP contribution in [0.4, 0.5) is 5.69 Å². The summed E-state index contributed by atoms with van der Waals surface area (Å²) in [5, 5.41) is 2.79. The molecule has 25 heavy (non-hydrogen) atoms. The lowest BCUT2D eigenvalue weighted by Crippen LogP contribution is -2.16. The second-order valence-electron chi connectivity index (χ2n) is 5.45. The van der Waals surface area contributed by atoms with Crippen LogP contribution in [0.3, 0.4) is 0 Å². The normalized spacial score (nSPS) is 10.3. The second kappa shape index (κ2) is 6.92. The molecule has 6 nitrogen and oxygen atoms in total. The van der Waals surface area contributed by atoms with Gasteiger partial charge in [0, 0.05) is 16.8 Å². The third-order valence-electron chi connectivity index (χ3n) is 3.65. The predicted octanol–water partition coefficient (Wildman–Crippen LogP) is 2.80. The Labute approximate surface area is 144 Å². The minimum Gasteiger partial charge on any atom is -0.366 e. The van der Waals surface area contributed by atoms with Gasteiger partial charge in [-0.15, -0.1) is 0 Å². The highest BCUT2D eigenvalue weighted by atomic mass is 16.2. The molecule has 0 unspecified atom stereocenters. The molecule has 0 atom stereocenters. The topological polar surface area (TPSA) is 98.0 Å². The Morgan fingerprint density at radius 1 is 1.04 bits per heavy atom. The molecule has 3 aromatic rings. The molecule has 1 heterocycles. The summed E-state index contributed by atoms with van der Waals surface area (Å²) < 4.78 is 0. The van der Waals surface area contributed by atoms with Gasteiger partial charge in [0.2, 0.25) is 5.91 Å². The maximum Gasteiger partial charge on any atom is 0.276 e. The number of benzene rings is 2. The number of anilines is 1. The highest BCUT2D eigenvalue weighted by molar-refractivity contribution is 6.03. The Morgan fingerprint density at radius 2 is 1.80 bits per heavy atom. The number of nitrogens with zero attached hydrogens (tertiary/aromatic N) is 2. The number of carbonyl (C=O) groups is 2. The van der Waals surface area contributed by atoms with Gasteiger partial charge in [-0.2, -0.15) is 0 Å². The first-order valence-electron chi connectivity index (χ1n) is 7.65. The lowest BCUT2D eigenvalue weighted by atomic mass is 10.1. The van der Waals surface area contributed by atoms with Crippen LogP contribution < -0.4 is 11.1 Å². The van der Waals surface area contributed by atoms with Crippen molar-refractivity contribution in [3.05, 3.63) is 77.7 Å². The Balaban J connectivity index is 1.94. The van der Waals surface area contributed by atoms with Crippen molar-refractivity contribution < 1.29 is 9.59 Å². The van der Waals surface area contributed by atoms with Crippen LogP contribution in [0.2, 0.25) is 0 Å². The van der Waals surface area contributed by atoms with E-state index < -0.39 is 5.91 Å². The number of rotatable bonds is 4. The van der Waals surface area contributed by atoms with Crippen LogP contribution in [0.5, 0.6) is 0 Å². The van der Waals surface area contributed by atoms with Crippen molar-refractivity contribution >= 4 is 17.5 Å². The van der Waals surface area contributed by atoms with Gasteiger partial charge in [-0.05, 0) is 31.2 Å². The van der Waals surface area contributed by atoms with Crippen molar-refractivity contribution in [1.82, 2.24) is 9.97 Å². The third kappa shape index (κ3) is 3.69. The average molecular weight is 332 g/mol. The average Bonchev–Trinajstić information content (AvgIpc) is 2.63. The molecule has 124 valence electrons. The number of hydrogen-bond acceptors (Lipinski definition) is 4. The summed E-state index contributed by atoms with van der Waals surface area (Å²) >= 11 is 0. The van der Waals surface area contributed by atoms with E-state index in [1.54, 1.807) is 49.5 Å². The van der Waals surface area contributed by atoms with E-state index >= 15 is 0 Å². The van der Waals surface area contributed by atoms with Crippen LogP contribution in [0.1, 0.15) is 26.5 Å². The summed E-state index contributed by atoms with van der Waals surface area (Å²) in [5.41, 5.74) is 8.26. The van der Waals surface area contributed by atoms with E-state index in [1.165, 1.54) is 0 Å². The van der Waals surface area contributed by atoms with Gasteiger partial charge < -0.3 is 11.1 Å². The number of aryl methyl sites for hydroxylation is 1. The van der Waals surface area contributed by atoms with Gasteiger partial charge in [-0.1, -0.05) is 30.3 Å². The number of aromatic nitrogens is 2. The molecule has 3 rings (SSSR count). The highest BCUT2D eigenvalue weighted by Gasteiger charge is 2.14. The fourth-order valence-corrected chi connectivity index (χ4v) is 2.35. The maximum absolute atomic E-state index is 12.5. The summed E-state index contributed by atoms with van der Waals surface area (Å²) in [6.07, 6.45) is 1.56. The van der Waals surface area contributed by atoms with Gasteiger partial charge in [0.15, 0.2) is 0 Å². The molecular weight excluding hydrogens is 316 g/mol. The number of nitrogens with two attached hydrogens (primary N) is 1. The molecule has 0 aliphatic rings. The van der Waals surface area contributed by atoms with E-state index in [0.717, 1.165) is 0 Å². The molecule has 0 spiro atoms. The molecule has 0 aliphatic carbocycles. The minimum absolute atomic E-state index is 0.228. The van der Waals surface area contributed by atoms with Gasteiger partial charge in [-0.25, -0.2) is 4.98 Å². The summed E-state index contributed by atoms with van der Waals surface area (Å²) in [7, 11) is 0. The summed E-state index contributed by atoms with van der Waals surface area (Å²) in [5.74, 6) is -0.868. The van der Waals surface area contributed by atoms with E-state index in [2.05, 4.69) is 15.3 Å². The minimum atomic E-state index is -0.524. The van der Waals surface area contributed by atoms with Crippen molar-refractivity contribution in [3.8, 4) is 11.3 Å². The molecule has 0 saturated carbocycles. The first-order chi connectivity index (χ1) is 12.0. The number of carbonyl (C=O) groups excluding carboxylic acids is 2. The fourth-order valence-electron chi connectivity index (χ4n) is 2.35. The number of primary amides is 1. The molecule has 1 aromatic heterocycles. The first-order valence-corrected chi connectivity index (χ1v) is 7.65. The second-order valence-corrected chi connectivity index (χ2v) is 5.45. The van der Waals surface area contributed by atoms with Gasteiger partial charge in [0.1, 0.15) is 5.69 Å². The Hall–Kier alpha value is -3.54. The van der Waals surface area contributed by atoms with Gasteiger partial charge in [-0.3, -0.25) is 14.6 Å². The van der Waals surface area contributed by atoms with Crippen LogP contribution >= 0.6 is 0 Å². The Bertz CT molecular complexity index is 939. The zero-order valence-electron chi connectivity index (χ0n) is 13.6. The zero-order valence-corrected chi connectivity index (χ0v) is 13.6. The first kappa shape index (κ1) is 16.3.